The summed E-state index contributed by atoms with van der Waals surface area (Å²) in [5.74, 6) is -0.228. The van der Waals surface area contributed by atoms with Crippen molar-refractivity contribution < 1.29 is 9.47 Å². The predicted octanol–water partition coefficient (Wildman–Crippen LogP) is 2.33. The average Bonchev–Trinajstić information content (AvgIpc) is 2.55. The van der Waals surface area contributed by atoms with Gasteiger partial charge in [-0.25, -0.2) is 0 Å². The number of unbranched alkanes of at least 4 members (excludes halogenated alkanes) is 1. The fourth-order valence-electron chi connectivity index (χ4n) is 2.36. The zero-order valence-electron chi connectivity index (χ0n) is 8.06. The highest BCUT2D eigenvalue weighted by molar-refractivity contribution is 4.96. The maximum atomic E-state index is 5.62. The van der Waals surface area contributed by atoms with Gasteiger partial charge in [-0.15, -0.1) is 0 Å². The van der Waals surface area contributed by atoms with E-state index in [1.807, 2.05) is 0 Å². The van der Waals surface area contributed by atoms with E-state index < -0.39 is 0 Å². The van der Waals surface area contributed by atoms with E-state index in [2.05, 4.69) is 13.8 Å². The molecule has 2 fully saturated rings. The van der Waals surface area contributed by atoms with E-state index in [0.29, 0.717) is 5.41 Å². The van der Waals surface area contributed by atoms with Crippen LogP contribution in [0.4, 0.5) is 0 Å². The molecule has 0 N–H and O–H groups in total. The minimum Gasteiger partial charge on any atom is -0.350 e. The van der Waals surface area contributed by atoms with E-state index >= 15 is 0 Å². The van der Waals surface area contributed by atoms with Crippen molar-refractivity contribution >= 4 is 0 Å². The Morgan fingerprint density at radius 2 is 1.92 bits per heavy atom. The Hall–Kier alpha value is -0.0800. The fourth-order valence-corrected chi connectivity index (χ4v) is 2.36. The summed E-state index contributed by atoms with van der Waals surface area (Å²) >= 11 is 0. The third kappa shape index (κ3) is 1.27. The molecule has 70 valence electrons. The molecule has 0 saturated carbocycles. The minimum atomic E-state index is -0.228. The van der Waals surface area contributed by atoms with Gasteiger partial charge < -0.3 is 9.47 Å². The van der Waals surface area contributed by atoms with Crippen molar-refractivity contribution in [3.63, 3.8) is 0 Å². The second-order valence-corrected chi connectivity index (χ2v) is 4.49. The number of hydrogen-bond donors (Lipinski definition) is 0. The van der Waals surface area contributed by atoms with Crippen LogP contribution in [0, 0.1) is 5.41 Å². The first-order valence-electron chi connectivity index (χ1n) is 4.96. The maximum Gasteiger partial charge on any atom is 0.166 e. The number of rotatable bonds is 3. The Labute approximate surface area is 74.2 Å². The summed E-state index contributed by atoms with van der Waals surface area (Å²) in [5.41, 5.74) is 0.380. The molecule has 0 aliphatic carbocycles. The maximum absolute atomic E-state index is 5.62. The van der Waals surface area contributed by atoms with Crippen molar-refractivity contribution in [1.29, 1.82) is 0 Å². The number of fused-ring (bicyclic) bond motifs is 2. The molecule has 0 aromatic rings. The lowest BCUT2D eigenvalue weighted by Crippen LogP contribution is -2.29. The summed E-state index contributed by atoms with van der Waals surface area (Å²) in [7, 11) is 0. The monoisotopic (exact) mass is 170 g/mol. The Morgan fingerprint density at radius 3 is 2.33 bits per heavy atom. The molecule has 0 spiro atoms. The van der Waals surface area contributed by atoms with Gasteiger partial charge in [0.1, 0.15) is 0 Å². The van der Waals surface area contributed by atoms with Gasteiger partial charge in [0.2, 0.25) is 0 Å². The van der Waals surface area contributed by atoms with Crippen molar-refractivity contribution in [2.45, 2.75) is 45.3 Å². The van der Waals surface area contributed by atoms with Crippen molar-refractivity contribution in [2.24, 2.45) is 5.41 Å². The fraction of sp³-hybridized carbons (Fsp3) is 1.00. The highest BCUT2D eigenvalue weighted by atomic mass is 16.7. The molecule has 12 heavy (non-hydrogen) atoms. The summed E-state index contributed by atoms with van der Waals surface area (Å²) < 4.78 is 11.2. The van der Waals surface area contributed by atoms with Crippen molar-refractivity contribution in [2.75, 3.05) is 13.2 Å². The summed E-state index contributed by atoms with van der Waals surface area (Å²) in [6.07, 6.45) is 4.97. The SMILES string of the molecule is CCCCC12COC(C)(C1)OC2. The highest BCUT2D eigenvalue weighted by Gasteiger charge is 2.53. The van der Waals surface area contributed by atoms with Crippen LogP contribution in [0.1, 0.15) is 39.5 Å². The zero-order valence-corrected chi connectivity index (χ0v) is 8.06. The lowest BCUT2D eigenvalue weighted by Gasteiger charge is -2.26. The van der Waals surface area contributed by atoms with E-state index in [9.17, 15) is 0 Å². The van der Waals surface area contributed by atoms with Gasteiger partial charge in [-0.05, 0) is 13.3 Å². The van der Waals surface area contributed by atoms with Crippen molar-refractivity contribution in [1.82, 2.24) is 0 Å². The molecule has 2 heteroatoms. The summed E-state index contributed by atoms with van der Waals surface area (Å²) in [6.45, 7) is 6.14. The molecular formula is C10H18O2. The van der Waals surface area contributed by atoms with Crippen molar-refractivity contribution in [3.05, 3.63) is 0 Å². The van der Waals surface area contributed by atoms with E-state index in [1.165, 1.54) is 19.3 Å². The Balaban J connectivity index is 1.96. The van der Waals surface area contributed by atoms with Crippen LogP contribution < -0.4 is 0 Å². The molecule has 2 aliphatic rings. The molecule has 2 nitrogen and oxygen atoms in total. The van der Waals surface area contributed by atoms with Crippen LogP contribution in [0.3, 0.4) is 0 Å². The van der Waals surface area contributed by atoms with Gasteiger partial charge in [0.25, 0.3) is 0 Å². The molecule has 2 heterocycles. The first-order chi connectivity index (χ1) is 5.68. The van der Waals surface area contributed by atoms with Crippen LogP contribution >= 0.6 is 0 Å². The van der Waals surface area contributed by atoms with E-state index in [-0.39, 0.29) is 5.79 Å². The van der Waals surface area contributed by atoms with Gasteiger partial charge in [-0.1, -0.05) is 19.8 Å². The summed E-state index contributed by atoms with van der Waals surface area (Å²) in [6, 6.07) is 0. The molecule has 0 amide bonds. The van der Waals surface area contributed by atoms with Crippen LogP contribution in [-0.4, -0.2) is 19.0 Å². The van der Waals surface area contributed by atoms with E-state index in [1.54, 1.807) is 0 Å². The number of hydrogen-bond acceptors (Lipinski definition) is 2. The first-order valence-corrected chi connectivity index (χ1v) is 4.96. The molecule has 2 bridgehead atoms. The van der Waals surface area contributed by atoms with Crippen molar-refractivity contribution in [3.8, 4) is 0 Å². The molecule has 0 aromatic carbocycles. The molecular weight excluding hydrogens is 152 g/mol. The second kappa shape index (κ2) is 2.71. The van der Waals surface area contributed by atoms with Gasteiger partial charge in [-0.3, -0.25) is 0 Å². The Bertz CT molecular complexity index is 169. The average molecular weight is 170 g/mol. The van der Waals surface area contributed by atoms with Gasteiger partial charge in [0.05, 0.1) is 13.2 Å². The Morgan fingerprint density at radius 1 is 1.25 bits per heavy atom. The smallest absolute Gasteiger partial charge is 0.166 e. The topological polar surface area (TPSA) is 18.5 Å². The third-order valence-electron chi connectivity index (χ3n) is 3.12. The van der Waals surface area contributed by atoms with E-state index in [4.69, 9.17) is 9.47 Å². The molecule has 0 radical (unpaired) electrons. The molecule has 2 saturated heterocycles. The minimum absolute atomic E-state index is 0.228. The largest absolute Gasteiger partial charge is 0.350 e. The van der Waals surface area contributed by atoms with Crippen LogP contribution in [0.15, 0.2) is 0 Å². The lowest BCUT2D eigenvalue weighted by atomic mass is 9.83. The van der Waals surface area contributed by atoms with Gasteiger partial charge in [0.15, 0.2) is 5.79 Å². The normalized spacial score (nSPS) is 45.5. The standard InChI is InChI=1S/C10H18O2/c1-3-4-5-10-6-9(2,11-7-10)12-8-10/h3-8H2,1-2H3. The van der Waals surface area contributed by atoms with E-state index in [0.717, 1.165) is 19.6 Å². The Kier molecular flexibility index (Phi) is 1.92. The summed E-state index contributed by atoms with van der Waals surface area (Å²) in [4.78, 5) is 0. The van der Waals surface area contributed by atoms with Crippen LogP contribution in [0.5, 0.6) is 0 Å². The number of ether oxygens (including phenoxy) is 2. The van der Waals surface area contributed by atoms with Gasteiger partial charge >= 0.3 is 0 Å². The van der Waals surface area contributed by atoms with Gasteiger partial charge in [0, 0.05) is 11.8 Å². The lowest BCUT2D eigenvalue weighted by molar-refractivity contribution is -0.210. The summed E-state index contributed by atoms with van der Waals surface area (Å²) in [5, 5.41) is 0. The zero-order chi connectivity index (χ0) is 8.66. The molecule has 0 unspecified atom stereocenters. The second-order valence-electron chi connectivity index (χ2n) is 4.49. The van der Waals surface area contributed by atoms with Crippen LogP contribution in [-0.2, 0) is 9.47 Å². The quantitative estimate of drug-likeness (QED) is 0.647. The third-order valence-corrected chi connectivity index (χ3v) is 3.12. The molecule has 0 atom stereocenters. The highest BCUT2D eigenvalue weighted by Crippen LogP contribution is 2.49. The van der Waals surface area contributed by atoms with Crippen LogP contribution in [0.2, 0.25) is 0 Å². The predicted molar refractivity (Wildman–Crippen MR) is 46.9 cm³/mol. The first kappa shape index (κ1) is 8.52. The van der Waals surface area contributed by atoms with Crippen LogP contribution in [0.25, 0.3) is 0 Å². The molecule has 0 aromatic heterocycles. The molecule has 2 aliphatic heterocycles. The van der Waals surface area contributed by atoms with Gasteiger partial charge in [-0.2, -0.15) is 0 Å². The molecule has 2 rings (SSSR count).